The Hall–Kier alpha value is -5.84. The summed E-state index contributed by atoms with van der Waals surface area (Å²) < 4.78 is 6.62. The number of oxazole rings is 1. The molecular weight excluding hydrogens is 794 g/mol. The molecule has 276 valence electrons. The molecule has 6 atom stereocenters. The monoisotopic (exact) mass is 823 g/mol. The molecule has 0 unspecified atom stereocenters. The highest BCUT2D eigenvalue weighted by Crippen LogP contribution is 2.65. The summed E-state index contributed by atoms with van der Waals surface area (Å²) in [4.78, 5) is 66.5. The van der Waals surface area contributed by atoms with Crippen molar-refractivity contribution in [3.63, 3.8) is 0 Å². The average molecular weight is 825 g/mol. The molecule has 4 aliphatic rings. The number of anilines is 2. The third-order valence-electron chi connectivity index (χ3n) is 12.1. The Morgan fingerprint density at radius 1 is 0.768 bits per heavy atom. The van der Waals surface area contributed by atoms with Crippen molar-refractivity contribution in [1.29, 1.82) is 0 Å². The number of carbonyl (C=O) groups is 4. The second kappa shape index (κ2) is 12.9. The number of fused-ring (bicyclic) bond motifs is 5. The number of para-hydroxylation sites is 2. The number of phenols is 1. The predicted molar refractivity (Wildman–Crippen MR) is 214 cm³/mol. The molecule has 5 aromatic carbocycles. The van der Waals surface area contributed by atoms with Crippen molar-refractivity contribution < 1.29 is 28.7 Å². The summed E-state index contributed by atoms with van der Waals surface area (Å²) >= 11 is 10.0. The van der Waals surface area contributed by atoms with E-state index in [1.54, 1.807) is 66.7 Å². The molecule has 3 fully saturated rings. The van der Waals surface area contributed by atoms with Gasteiger partial charge in [-0.05, 0) is 97.1 Å². The standard InChI is InChI=1S/C45H31BrClN3O6/c46-26-15-20-36(51)33(21-26)39-30-18-19-31-38(43(54)49(41(31)52)28-16-13-24(14-17-28)40-48-35-11-4-5-12-37(35)56-40)32(30)23-34-42(53)50(29-10-6-9-27(47)22-29)44(55)45(34,39)25-7-2-1-3-8-25/h1-18,20-22,31-32,34,38-39,51H,19,23H2/t31-,32+,34-,38-,39+,45+/m0/s1. The zero-order valence-electron chi connectivity index (χ0n) is 29.5. The van der Waals surface area contributed by atoms with Crippen LogP contribution in [-0.2, 0) is 24.6 Å². The molecule has 10 rings (SSSR count). The minimum atomic E-state index is -1.50. The van der Waals surface area contributed by atoms with E-state index in [4.69, 9.17) is 16.0 Å². The van der Waals surface area contributed by atoms with Crippen molar-refractivity contribution in [1.82, 2.24) is 4.98 Å². The second-order valence-corrected chi connectivity index (χ2v) is 16.2. The number of halogens is 2. The van der Waals surface area contributed by atoms with Gasteiger partial charge in [-0.3, -0.25) is 24.1 Å². The van der Waals surface area contributed by atoms with Gasteiger partial charge in [-0.15, -0.1) is 0 Å². The van der Waals surface area contributed by atoms with Crippen LogP contribution in [0.4, 0.5) is 11.4 Å². The lowest BCUT2D eigenvalue weighted by molar-refractivity contribution is -0.127. The Morgan fingerprint density at radius 3 is 2.30 bits per heavy atom. The van der Waals surface area contributed by atoms with E-state index >= 15 is 4.79 Å². The molecule has 6 aromatic rings. The van der Waals surface area contributed by atoms with E-state index in [2.05, 4.69) is 20.9 Å². The van der Waals surface area contributed by atoms with Crippen molar-refractivity contribution in [2.75, 3.05) is 9.80 Å². The molecule has 2 aliphatic carbocycles. The summed E-state index contributed by atoms with van der Waals surface area (Å²) in [5.74, 6) is -5.05. The minimum absolute atomic E-state index is 0.0492. The molecule has 2 aliphatic heterocycles. The highest BCUT2D eigenvalue weighted by atomic mass is 79.9. The first-order valence-corrected chi connectivity index (χ1v) is 19.6. The lowest BCUT2D eigenvalue weighted by Gasteiger charge is -2.50. The Kier molecular flexibility index (Phi) is 7.95. The Morgan fingerprint density at radius 2 is 1.54 bits per heavy atom. The van der Waals surface area contributed by atoms with Gasteiger partial charge in [0.25, 0.3) is 0 Å². The molecule has 2 saturated heterocycles. The zero-order chi connectivity index (χ0) is 38.5. The minimum Gasteiger partial charge on any atom is -0.508 e. The maximum Gasteiger partial charge on any atom is 0.246 e. The summed E-state index contributed by atoms with van der Waals surface area (Å²) in [5, 5.41) is 12.0. The van der Waals surface area contributed by atoms with E-state index in [1.807, 2.05) is 60.7 Å². The van der Waals surface area contributed by atoms with Crippen LogP contribution in [0.2, 0.25) is 5.02 Å². The summed E-state index contributed by atoms with van der Waals surface area (Å²) in [6.07, 6.45) is 2.36. The van der Waals surface area contributed by atoms with Gasteiger partial charge in [0.1, 0.15) is 11.3 Å². The van der Waals surface area contributed by atoms with Crippen molar-refractivity contribution in [2.24, 2.45) is 23.7 Å². The molecule has 1 aromatic heterocycles. The van der Waals surface area contributed by atoms with Gasteiger partial charge in [0, 0.05) is 26.5 Å². The SMILES string of the molecule is O=C1[C@H]2[C@H](CC=C3[C@H]2C[C@H]2C(=O)N(c4cccc(Cl)c4)C(=O)[C@@]2(c2ccccc2)[C@H]3c2cc(Br)ccc2O)C(=O)N1c1ccc(-c2nc3ccccc3o2)cc1. The maximum atomic E-state index is 15.4. The fourth-order valence-corrected chi connectivity index (χ4v) is 10.4. The number of benzene rings is 5. The fraction of sp³-hybridized carbons (Fsp3) is 0.178. The number of hydrogen-bond acceptors (Lipinski definition) is 7. The van der Waals surface area contributed by atoms with Crippen LogP contribution >= 0.6 is 27.5 Å². The fourth-order valence-electron chi connectivity index (χ4n) is 9.85. The largest absolute Gasteiger partial charge is 0.508 e. The molecule has 9 nitrogen and oxygen atoms in total. The number of phenolic OH excluding ortho intramolecular Hbond substituents is 1. The predicted octanol–water partition coefficient (Wildman–Crippen LogP) is 8.98. The number of allylic oxidation sites excluding steroid dienone is 2. The molecule has 1 N–H and O–H groups in total. The quantitative estimate of drug-likeness (QED) is 0.136. The highest BCUT2D eigenvalue weighted by Gasteiger charge is 2.70. The number of aromatic nitrogens is 1. The third-order valence-corrected chi connectivity index (χ3v) is 12.9. The molecule has 0 bridgehead atoms. The van der Waals surface area contributed by atoms with Gasteiger partial charge in [0.2, 0.25) is 29.5 Å². The van der Waals surface area contributed by atoms with Crippen LogP contribution in [0, 0.1) is 23.7 Å². The Balaban J connectivity index is 1.10. The van der Waals surface area contributed by atoms with Crippen LogP contribution in [0.3, 0.4) is 0 Å². The van der Waals surface area contributed by atoms with Crippen molar-refractivity contribution in [3.05, 3.63) is 154 Å². The van der Waals surface area contributed by atoms with Gasteiger partial charge in [-0.2, -0.15) is 0 Å². The molecule has 0 spiro atoms. The van der Waals surface area contributed by atoms with E-state index in [0.717, 1.165) is 11.1 Å². The topological polar surface area (TPSA) is 121 Å². The molecular formula is C45H31BrClN3O6. The summed E-state index contributed by atoms with van der Waals surface area (Å²) in [7, 11) is 0. The third kappa shape index (κ3) is 4.95. The van der Waals surface area contributed by atoms with Gasteiger partial charge in [0.15, 0.2) is 5.58 Å². The number of nitrogens with zero attached hydrogens (tertiary/aromatic N) is 3. The first kappa shape index (κ1) is 34.6. The van der Waals surface area contributed by atoms with Crippen LogP contribution in [-0.4, -0.2) is 33.7 Å². The number of aromatic hydroxyl groups is 1. The van der Waals surface area contributed by atoms with Crippen molar-refractivity contribution >= 4 is 73.6 Å². The Bertz CT molecular complexity index is 2640. The van der Waals surface area contributed by atoms with Crippen LogP contribution in [0.25, 0.3) is 22.6 Å². The molecule has 11 heteroatoms. The number of imide groups is 2. The normalized spacial score (nSPS) is 25.7. The number of hydrogen-bond donors (Lipinski definition) is 1. The van der Waals surface area contributed by atoms with E-state index in [9.17, 15) is 19.5 Å². The number of carbonyl (C=O) groups excluding carboxylic acids is 4. The first-order chi connectivity index (χ1) is 27.2. The summed E-state index contributed by atoms with van der Waals surface area (Å²) in [6, 6.07) is 35.4. The number of amides is 4. The van der Waals surface area contributed by atoms with Crippen molar-refractivity contribution in [2.45, 2.75) is 24.2 Å². The van der Waals surface area contributed by atoms with Crippen molar-refractivity contribution in [3.8, 4) is 17.2 Å². The van der Waals surface area contributed by atoms with Gasteiger partial charge < -0.3 is 9.52 Å². The van der Waals surface area contributed by atoms with Crippen LogP contribution in [0.1, 0.15) is 29.9 Å². The highest BCUT2D eigenvalue weighted by molar-refractivity contribution is 9.10. The van der Waals surface area contributed by atoms with E-state index in [0.29, 0.717) is 49.0 Å². The molecule has 0 radical (unpaired) electrons. The maximum absolute atomic E-state index is 15.4. The van der Waals surface area contributed by atoms with Crippen LogP contribution < -0.4 is 9.80 Å². The smallest absolute Gasteiger partial charge is 0.246 e. The van der Waals surface area contributed by atoms with Gasteiger partial charge >= 0.3 is 0 Å². The van der Waals surface area contributed by atoms with E-state index in [1.165, 1.54) is 9.80 Å². The van der Waals surface area contributed by atoms with Crippen LogP contribution in [0.5, 0.6) is 5.75 Å². The van der Waals surface area contributed by atoms with Crippen LogP contribution in [0.15, 0.2) is 142 Å². The molecule has 56 heavy (non-hydrogen) atoms. The lowest BCUT2D eigenvalue weighted by Crippen LogP contribution is -2.53. The lowest BCUT2D eigenvalue weighted by atomic mass is 9.49. The first-order valence-electron chi connectivity index (χ1n) is 18.4. The molecule has 1 saturated carbocycles. The molecule has 3 heterocycles. The number of rotatable bonds is 5. The summed E-state index contributed by atoms with van der Waals surface area (Å²) in [5.41, 5.74) is 3.15. The molecule has 4 amide bonds. The van der Waals surface area contributed by atoms with Gasteiger partial charge in [-0.1, -0.05) is 87.7 Å². The summed E-state index contributed by atoms with van der Waals surface area (Å²) in [6.45, 7) is 0. The van der Waals surface area contributed by atoms with Gasteiger partial charge in [0.05, 0.1) is 34.5 Å². The van der Waals surface area contributed by atoms with Gasteiger partial charge in [-0.25, -0.2) is 9.88 Å². The van der Waals surface area contributed by atoms with E-state index < -0.39 is 46.8 Å². The van der Waals surface area contributed by atoms with E-state index in [-0.39, 0.29) is 30.4 Å². The average Bonchev–Trinajstić information content (AvgIpc) is 3.83. The second-order valence-electron chi connectivity index (χ2n) is 14.8. The Labute approximate surface area is 334 Å². The zero-order valence-corrected chi connectivity index (χ0v) is 31.9.